The predicted octanol–water partition coefficient (Wildman–Crippen LogP) is 1.40. The summed E-state index contributed by atoms with van der Waals surface area (Å²) in [6.07, 6.45) is 0.761. The summed E-state index contributed by atoms with van der Waals surface area (Å²) in [5, 5.41) is 3.04. The van der Waals surface area contributed by atoms with Crippen LogP contribution in [-0.2, 0) is 10.0 Å². The fourth-order valence-electron chi connectivity index (χ4n) is 2.61. The minimum atomic E-state index is -3.66. The first kappa shape index (κ1) is 20.2. The standard InChI is InChI=1S/C18H25N5O4S/c1-13-11-17(23(2)3)22-18(21-13)19-7-8-20-28(24,25)14-5-6-15-16(12-14)27-10-4-9-26-15/h5-6,11-12,20H,4,7-10H2,1-3H3,(H,19,21,22). The van der Waals surface area contributed by atoms with Crippen molar-refractivity contribution in [3.05, 3.63) is 30.0 Å². The summed E-state index contributed by atoms with van der Waals surface area (Å²) in [5.74, 6) is 2.25. The summed E-state index contributed by atoms with van der Waals surface area (Å²) >= 11 is 0. The number of aryl methyl sites for hydroxylation is 1. The van der Waals surface area contributed by atoms with Crippen molar-refractivity contribution in [1.29, 1.82) is 0 Å². The fourth-order valence-corrected chi connectivity index (χ4v) is 3.66. The highest BCUT2D eigenvalue weighted by Crippen LogP contribution is 2.31. The molecule has 0 atom stereocenters. The first-order chi connectivity index (χ1) is 13.3. The molecular formula is C18H25N5O4S. The minimum Gasteiger partial charge on any atom is -0.490 e. The molecule has 2 heterocycles. The Morgan fingerprint density at radius 2 is 1.82 bits per heavy atom. The number of benzene rings is 1. The molecule has 0 unspecified atom stereocenters. The zero-order valence-corrected chi connectivity index (χ0v) is 17.0. The molecule has 0 spiro atoms. The van der Waals surface area contributed by atoms with Gasteiger partial charge in [-0.15, -0.1) is 0 Å². The van der Waals surface area contributed by atoms with Crippen LogP contribution in [0, 0.1) is 6.92 Å². The average Bonchev–Trinajstić information content (AvgIpc) is 2.89. The van der Waals surface area contributed by atoms with Crippen LogP contribution in [0.15, 0.2) is 29.2 Å². The second kappa shape index (κ2) is 8.61. The lowest BCUT2D eigenvalue weighted by atomic mass is 10.3. The van der Waals surface area contributed by atoms with Crippen molar-refractivity contribution in [2.45, 2.75) is 18.2 Å². The van der Waals surface area contributed by atoms with Gasteiger partial charge in [0.05, 0.1) is 18.1 Å². The van der Waals surface area contributed by atoms with Gasteiger partial charge in [-0.05, 0) is 19.1 Å². The van der Waals surface area contributed by atoms with Gasteiger partial charge in [0.1, 0.15) is 5.82 Å². The zero-order chi connectivity index (χ0) is 20.1. The van der Waals surface area contributed by atoms with E-state index in [1.807, 2.05) is 32.0 Å². The third-order valence-corrected chi connectivity index (χ3v) is 5.49. The van der Waals surface area contributed by atoms with Gasteiger partial charge in [-0.1, -0.05) is 0 Å². The van der Waals surface area contributed by atoms with Crippen molar-refractivity contribution >= 4 is 21.8 Å². The van der Waals surface area contributed by atoms with Crippen molar-refractivity contribution < 1.29 is 17.9 Å². The number of sulfonamides is 1. The molecule has 0 aliphatic carbocycles. The average molecular weight is 407 g/mol. The maximum Gasteiger partial charge on any atom is 0.240 e. The summed E-state index contributed by atoms with van der Waals surface area (Å²) in [5.41, 5.74) is 0.828. The summed E-state index contributed by atoms with van der Waals surface area (Å²) in [6, 6.07) is 6.49. The van der Waals surface area contributed by atoms with Crippen LogP contribution in [0.25, 0.3) is 0 Å². The molecular weight excluding hydrogens is 382 g/mol. The van der Waals surface area contributed by atoms with Crippen LogP contribution in [0.2, 0.25) is 0 Å². The van der Waals surface area contributed by atoms with Gasteiger partial charge in [0, 0.05) is 51.4 Å². The van der Waals surface area contributed by atoms with E-state index in [1.165, 1.54) is 12.1 Å². The number of hydrogen-bond donors (Lipinski definition) is 2. The Hall–Kier alpha value is -2.59. The molecule has 2 N–H and O–H groups in total. The molecule has 2 aromatic rings. The van der Waals surface area contributed by atoms with Gasteiger partial charge < -0.3 is 19.7 Å². The molecule has 0 bridgehead atoms. The van der Waals surface area contributed by atoms with Crippen LogP contribution in [0.1, 0.15) is 12.1 Å². The van der Waals surface area contributed by atoms with Crippen molar-refractivity contribution in [3.63, 3.8) is 0 Å². The van der Waals surface area contributed by atoms with E-state index >= 15 is 0 Å². The van der Waals surface area contributed by atoms with E-state index in [0.717, 1.165) is 17.9 Å². The normalized spacial score (nSPS) is 13.7. The first-order valence-electron chi connectivity index (χ1n) is 9.01. The topological polar surface area (TPSA) is 106 Å². The highest BCUT2D eigenvalue weighted by Gasteiger charge is 2.18. The van der Waals surface area contributed by atoms with E-state index in [1.54, 1.807) is 6.07 Å². The molecule has 9 nitrogen and oxygen atoms in total. The van der Waals surface area contributed by atoms with Gasteiger partial charge in [-0.25, -0.2) is 18.1 Å². The molecule has 1 aliphatic rings. The number of hydrogen-bond acceptors (Lipinski definition) is 8. The quantitative estimate of drug-likeness (QED) is 0.664. The molecule has 0 radical (unpaired) electrons. The SMILES string of the molecule is Cc1cc(N(C)C)nc(NCCNS(=O)(=O)c2ccc3c(c2)OCCCO3)n1. The van der Waals surface area contributed by atoms with Crippen LogP contribution >= 0.6 is 0 Å². The largest absolute Gasteiger partial charge is 0.490 e. The Morgan fingerprint density at radius 3 is 2.57 bits per heavy atom. The third kappa shape index (κ3) is 5.02. The van der Waals surface area contributed by atoms with E-state index in [0.29, 0.717) is 37.2 Å². The molecule has 10 heteroatoms. The Kier molecular flexibility index (Phi) is 6.20. The number of aromatic nitrogens is 2. The first-order valence-corrected chi connectivity index (χ1v) is 10.5. The Morgan fingerprint density at radius 1 is 1.07 bits per heavy atom. The predicted molar refractivity (Wildman–Crippen MR) is 107 cm³/mol. The van der Waals surface area contributed by atoms with E-state index < -0.39 is 10.0 Å². The van der Waals surface area contributed by atoms with Crippen molar-refractivity contribution in [2.24, 2.45) is 0 Å². The minimum absolute atomic E-state index is 0.137. The Balaban J connectivity index is 1.59. The van der Waals surface area contributed by atoms with Gasteiger partial charge in [-0.2, -0.15) is 4.98 Å². The van der Waals surface area contributed by atoms with Crippen molar-refractivity contribution in [1.82, 2.24) is 14.7 Å². The molecule has 0 amide bonds. The molecule has 0 fully saturated rings. The third-order valence-electron chi connectivity index (χ3n) is 4.03. The molecule has 1 aromatic carbocycles. The Labute approximate surface area is 165 Å². The molecule has 0 saturated heterocycles. The lowest BCUT2D eigenvalue weighted by Crippen LogP contribution is -2.29. The zero-order valence-electron chi connectivity index (χ0n) is 16.2. The van der Waals surface area contributed by atoms with Crippen LogP contribution < -0.4 is 24.4 Å². The molecule has 0 saturated carbocycles. The number of anilines is 2. The fraction of sp³-hybridized carbons (Fsp3) is 0.444. The Bertz CT molecular complexity index is 934. The van der Waals surface area contributed by atoms with Crippen molar-refractivity contribution in [3.8, 4) is 11.5 Å². The lowest BCUT2D eigenvalue weighted by Gasteiger charge is -2.14. The maximum absolute atomic E-state index is 12.5. The number of nitrogens with one attached hydrogen (secondary N) is 2. The maximum atomic E-state index is 12.5. The summed E-state index contributed by atoms with van der Waals surface area (Å²) in [4.78, 5) is 10.7. The van der Waals surface area contributed by atoms with E-state index in [4.69, 9.17) is 9.47 Å². The smallest absolute Gasteiger partial charge is 0.240 e. The van der Waals surface area contributed by atoms with Crippen LogP contribution in [-0.4, -0.2) is 58.8 Å². The van der Waals surface area contributed by atoms with Gasteiger partial charge in [0.2, 0.25) is 16.0 Å². The van der Waals surface area contributed by atoms with Crippen molar-refractivity contribution in [2.75, 3.05) is 50.6 Å². The number of nitrogens with zero attached hydrogens (tertiary/aromatic N) is 3. The van der Waals surface area contributed by atoms with Crippen LogP contribution in [0.4, 0.5) is 11.8 Å². The second-order valence-corrected chi connectivity index (χ2v) is 8.34. The van der Waals surface area contributed by atoms with Crippen LogP contribution in [0.3, 0.4) is 0 Å². The number of fused-ring (bicyclic) bond motifs is 1. The summed E-state index contributed by atoms with van der Waals surface area (Å²) in [7, 11) is 0.131. The molecule has 1 aliphatic heterocycles. The molecule has 1 aromatic heterocycles. The highest BCUT2D eigenvalue weighted by molar-refractivity contribution is 7.89. The number of rotatable bonds is 7. The van der Waals surface area contributed by atoms with E-state index in [2.05, 4.69) is 20.0 Å². The van der Waals surface area contributed by atoms with Gasteiger partial charge in [0.25, 0.3) is 0 Å². The summed E-state index contributed by atoms with van der Waals surface area (Å²) < 4.78 is 38.7. The highest BCUT2D eigenvalue weighted by atomic mass is 32.2. The van der Waals surface area contributed by atoms with E-state index in [9.17, 15) is 8.42 Å². The van der Waals surface area contributed by atoms with Gasteiger partial charge in [0.15, 0.2) is 11.5 Å². The van der Waals surface area contributed by atoms with Gasteiger partial charge in [-0.3, -0.25) is 0 Å². The van der Waals surface area contributed by atoms with Gasteiger partial charge >= 0.3 is 0 Å². The lowest BCUT2D eigenvalue weighted by molar-refractivity contribution is 0.297. The summed E-state index contributed by atoms with van der Waals surface area (Å²) in [6.45, 7) is 3.47. The molecule has 152 valence electrons. The monoisotopic (exact) mass is 407 g/mol. The van der Waals surface area contributed by atoms with E-state index in [-0.39, 0.29) is 11.4 Å². The van der Waals surface area contributed by atoms with Crippen LogP contribution in [0.5, 0.6) is 11.5 Å². The molecule has 3 rings (SSSR count). The molecule has 28 heavy (non-hydrogen) atoms. The second-order valence-electron chi connectivity index (χ2n) is 6.57. The number of ether oxygens (including phenoxy) is 2.